The van der Waals surface area contributed by atoms with Crippen molar-refractivity contribution in [1.82, 2.24) is 10.3 Å². The second-order valence-corrected chi connectivity index (χ2v) is 6.84. The molecule has 0 saturated carbocycles. The highest BCUT2D eigenvalue weighted by atomic mass is 35.5. The molecule has 0 fully saturated rings. The zero-order valence-corrected chi connectivity index (χ0v) is 14.0. The molecule has 0 radical (unpaired) electrons. The molecule has 0 amide bonds. The molecule has 2 N–H and O–H groups in total. The van der Waals surface area contributed by atoms with E-state index in [1.54, 1.807) is 18.3 Å². The van der Waals surface area contributed by atoms with Crippen LogP contribution in [0.2, 0.25) is 5.02 Å². The number of nitrogens with zero attached hydrogens (tertiary/aromatic N) is 1. The lowest BCUT2D eigenvalue weighted by atomic mass is 9.84. The minimum absolute atomic E-state index is 0.312. The van der Waals surface area contributed by atoms with Gasteiger partial charge in [0.25, 0.3) is 0 Å². The van der Waals surface area contributed by atoms with Crippen LogP contribution in [0.5, 0.6) is 0 Å². The fourth-order valence-corrected chi connectivity index (χ4v) is 3.15. The van der Waals surface area contributed by atoms with Gasteiger partial charge in [-0.15, -0.1) is 11.3 Å². The van der Waals surface area contributed by atoms with Crippen LogP contribution >= 0.6 is 35.2 Å². The number of thiazole rings is 1. The number of hydrogen-bond donors (Lipinski definition) is 2. The number of nitrogens with one attached hydrogen (secondary N) is 2. The summed E-state index contributed by atoms with van der Waals surface area (Å²) >= 11 is 12.8. The minimum Gasteiger partial charge on any atom is -0.362 e. The first-order valence-corrected chi connectivity index (χ1v) is 7.95. The van der Waals surface area contributed by atoms with Crippen LogP contribution in [-0.4, -0.2) is 16.6 Å². The van der Waals surface area contributed by atoms with Crippen LogP contribution in [0.15, 0.2) is 29.8 Å². The first-order chi connectivity index (χ1) is 9.90. The third kappa shape index (κ3) is 4.12. The molecule has 0 unspecified atom stereocenters. The summed E-state index contributed by atoms with van der Waals surface area (Å²) in [6.45, 7) is 4.28. The second kappa shape index (κ2) is 6.68. The van der Waals surface area contributed by atoms with Crippen molar-refractivity contribution in [1.29, 1.82) is 0 Å². The molecule has 2 rings (SSSR count). The monoisotopic (exact) mass is 343 g/mol. The molecule has 112 valence electrons. The topological polar surface area (TPSA) is 37.0 Å². The molecule has 0 spiro atoms. The molecule has 7 heteroatoms. The summed E-state index contributed by atoms with van der Waals surface area (Å²) in [6.07, 6.45) is 1.69. The average Bonchev–Trinajstić information content (AvgIpc) is 2.89. The highest BCUT2D eigenvalue weighted by Crippen LogP contribution is 2.31. The summed E-state index contributed by atoms with van der Waals surface area (Å²) in [6, 6.07) is 4.70. The largest absolute Gasteiger partial charge is 0.362 e. The molecule has 21 heavy (non-hydrogen) atoms. The average molecular weight is 344 g/mol. The molecule has 0 aliphatic carbocycles. The van der Waals surface area contributed by atoms with Gasteiger partial charge >= 0.3 is 0 Å². The molecular formula is C14H15ClFN3S2. The van der Waals surface area contributed by atoms with Crippen molar-refractivity contribution in [2.75, 3.05) is 11.9 Å². The Morgan fingerprint density at radius 2 is 2.24 bits per heavy atom. The number of aromatic nitrogens is 1. The van der Waals surface area contributed by atoms with Crippen LogP contribution in [0.1, 0.15) is 19.4 Å². The SMILES string of the molecule is CC(C)(CNC(=S)Nc1nccs1)c1c(F)cccc1Cl. The molecule has 0 aliphatic heterocycles. The van der Waals surface area contributed by atoms with E-state index in [2.05, 4.69) is 15.6 Å². The van der Waals surface area contributed by atoms with Crippen molar-refractivity contribution in [2.24, 2.45) is 0 Å². The van der Waals surface area contributed by atoms with Gasteiger partial charge in [0, 0.05) is 34.1 Å². The lowest BCUT2D eigenvalue weighted by Crippen LogP contribution is -2.39. The smallest absolute Gasteiger partial charge is 0.188 e. The van der Waals surface area contributed by atoms with Crippen LogP contribution in [0.25, 0.3) is 0 Å². The maximum atomic E-state index is 14.0. The summed E-state index contributed by atoms with van der Waals surface area (Å²) in [4.78, 5) is 4.09. The molecule has 1 aromatic carbocycles. The highest BCUT2D eigenvalue weighted by Gasteiger charge is 2.27. The van der Waals surface area contributed by atoms with Crippen LogP contribution in [-0.2, 0) is 5.41 Å². The number of hydrogen-bond acceptors (Lipinski definition) is 3. The Morgan fingerprint density at radius 1 is 1.48 bits per heavy atom. The van der Waals surface area contributed by atoms with E-state index in [-0.39, 0.29) is 5.82 Å². The number of benzene rings is 1. The second-order valence-electron chi connectivity index (χ2n) is 5.13. The van der Waals surface area contributed by atoms with E-state index in [4.69, 9.17) is 23.8 Å². The number of rotatable bonds is 4. The van der Waals surface area contributed by atoms with Crippen molar-refractivity contribution in [3.63, 3.8) is 0 Å². The predicted octanol–water partition coefficient (Wildman–Crippen LogP) is 4.20. The Hall–Kier alpha value is -1.24. The zero-order valence-electron chi connectivity index (χ0n) is 11.6. The first-order valence-electron chi connectivity index (χ1n) is 6.29. The summed E-state index contributed by atoms with van der Waals surface area (Å²) in [5.41, 5.74) is -0.0203. The molecule has 1 heterocycles. The van der Waals surface area contributed by atoms with E-state index in [1.807, 2.05) is 19.2 Å². The van der Waals surface area contributed by atoms with E-state index < -0.39 is 5.41 Å². The van der Waals surface area contributed by atoms with Gasteiger partial charge < -0.3 is 10.6 Å². The maximum absolute atomic E-state index is 14.0. The lowest BCUT2D eigenvalue weighted by Gasteiger charge is -2.27. The van der Waals surface area contributed by atoms with Crippen LogP contribution in [0.3, 0.4) is 0 Å². The van der Waals surface area contributed by atoms with Gasteiger partial charge in [0.05, 0.1) is 0 Å². The van der Waals surface area contributed by atoms with Crippen LogP contribution in [0, 0.1) is 5.82 Å². The molecule has 0 atom stereocenters. The Kier molecular flexibility index (Phi) is 5.13. The number of halogens is 2. The molecular weight excluding hydrogens is 329 g/mol. The van der Waals surface area contributed by atoms with E-state index in [9.17, 15) is 4.39 Å². The van der Waals surface area contributed by atoms with Gasteiger partial charge in [0.15, 0.2) is 10.2 Å². The van der Waals surface area contributed by atoms with Crippen LogP contribution in [0.4, 0.5) is 9.52 Å². The van der Waals surface area contributed by atoms with E-state index >= 15 is 0 Å². The third-order valence-corrected chi connectivity index (χ3v) is 4.23. The maximum Gasteiger partial charge on any atom is 0.188 e. The van der Waals surface area contributed by atoms with Gasteiger partial charge in [0.1, 0.15) is 5.82 Å². The van der Waals surface area contributed by atoms with E-state index in [0.717, 1.165) is 0 Å². The quantitative estimate of drug-likeness (QED) is 0.816. The Labute approximate surface area is 137 Å². The van der Waals surface area contributed by atoms with Crippen LogP contribution < -0.4 is 10.6 Å². The van der Waals surface area contributed by atoms with Gasteiger partial charge in [-0.1, -0.05) is 31.5 Å². The summed E-state index contributed by atoms with van der Waals surface area (Å²) in [5.74, 6) is -0.312. The molecule has 0 aliphatic rings. The highest BCUT2D eigenvalue weighted by molar-refractivity contribution is 7.80. The molecule has 0 saturated heterocycles. The lowest BCUT2D eigenvalue weighted by molar-refractivity contribution is 0.477. The fraction of sp³-hybridized carbons (Fsp3) is 0.286. The number of thiocarbonyl (C=S) groups is 1. The van der Waals surface area contributed by atoms with Gasteiger partial charge in [-0.25, -0.2) is 9.37 Å². The normalized spacial score (nSPS) is 11.2. The Balaban J connectivity index is 2.02. The zero-order chi connectivity index (χ0) is 15.5. The Bertz CT molecular complexity index is 609. The van der Waals surface area contributed by atoms with Gasteiger partial charge in [-0.05, 0) is 24.4 Å². The van der Waals surface area contributed by atoms with Crippen molar-refractivity contribution >= 4 is 45.4 Å². The standard InChI is InChI=1S/C14H15ClFN3S2/c1-14(2,11-9(15)4-3-5-10(11)16)8-18-12(20)19-13-17-6-7-21-13/h3-7H,8H2,1-2H3,(H2,17,18,19,20). The summed E-state index contributed by atoms with van der Waals surface area (Å²) < 4.78 is 14.0. The Morgan fingerprint density at radius 3 is 2.86 bits per heavy atom. The van der Waals surface area contributed by atoms with Crippen molar-refractivity contribution in [2.45, 2.75) is 19.3 Å². The van der Waals surface area contributed by atoms with Crippen molar-refractivity contribution in [3.05, 3.63) is 46.2 Å². The summed E-state index contributed by atoms with van der Waals surface area (Å²) in [7, 11) is 0. The van der Waals surface area contributed by atoms with E-state index in [0.29, 0.717) is 27.4 Å². The van der Waals surface area contributed by atoms with Crippen molar-refractivity contribution < 1.29 is 4.39 Å². The van der Waals surface area contributed by atoms with Gasteiger partial charge in [0.2, 0.25) is 0 Å². The van der Waals surface area contributed by atoms with E-state index in [1.165, 1.54) is 17.4 Å². The molecule has 3 nitrogen and oxygen atoms in total. The predicted molar refractivity (Wildman–Crippen MR) is 90.8 cm³/mol. The number of anilines is 1. The van der Waals surface area contributed by atoms with Gasteiger partial charge in [-0.3, -0.25) is 0 Å². The fourth-order valence-electron chi connectivity index (χ4n) is 1.96. The summed E-state index contributed by atoms with van der Waals surface area (Å²) in [5, 5.41) is 9.49. The van der Waals surface area contributed by atoms with Crippen molar-refractivity contribution in [3.8, 4) is 0 Å². The third-order valence-electron chi connectivity index (χ3n) is 2.98. The first kappa shape index (κ1) is 16.1. The molecule has 0 bridgehead atoms. The molecule has 1 aromatic heterocycles. The molecule has 2 aromatic rings. The van der Waals surface area contributed by atoms with Gasteiger partial charge in [-0.2, -0.15) is 0 Å². The minimum atomic E-state index is -0.503.